The second-order valence-electron chi connectivity index (χ2n) is 8.27. The molecule has 2 aliphatic rings. The lowest BCUT2D eigenvalue weighted by Gasteiger charge is -2.28. The van der Waals surface area contributed by atoms with E-state index >= 15 is 0 Å². The van der Waals surface area contributed by atoms with E-state index < -0.39 is 5.41 Å². The first-order valence-corrected chi connectivity index (χ1v) is 10.5. The molecule has 0 radical (unpaired) electrons. The number of furan rings is 1. The van der Waals surface area contributed by atoms with E-state index in [1.54, 1.807) is 19.3 Å². The molecule has 3 heterocycles. The number of anilines is 2. The Hall–Kier alpha value is -3.73. The van der Waals surface area contributed by atoms with Gasteiger partial charge >= 0.3 is 0 Å². The molecule has 31 heavy (non-hydrogen) atoms. The van der Waals surface area contributed by atoms with Gasteiger partial charge in [0.1, 0.15) is 11.5 Å². The number of Topliss-reactive ketones (excluding diaryl/α,β-unsaturated/α-hetero) is 1. The van der Waals surface area contributed by atoms with Crippen LogP contribution in [0.2, 0.25) is 0 Å². The Kier molecular flexibility index (Phi) is 3.72. The highest BCUT2D eigenvalue weighted by atomic mass is 16.3. The largest absolute Gasteiger partial charge is 0.465 e. The molecule has 1 saturated carbocycles. The lowest BCUT2D eigenvalue weighted by molar-refractivity contribution is 0.101. The smallest absolute Gasteiger partial charge is 0.230 e. The molecule has 4 aromatic rings. The Balaban J connectivity index is 1.61. The van der Waals surface area contributed by atoms with Crippen LogP contribution in [0.5, 0.6) is 0 Å². The van der Waals surface area contributed by atoms with Crippen LogP contribution in [-0.2, 0) is 5.41 Å². The molecular formula is C26H21N3O2. The van der Waals surface area contributed by atoms with Gasteiger partial charge in [-0.05, 0) is 43.2 Å². The van der Waals surface area contributed by atoms with Gasteiger partial charge in [-0.3, -0.25) is 4.79 Å². The fourth-order valence-corrected chi connectivity index (χ4v) is 5.45. The Labute approximate surface area is 180 Å². The zero-order valence-corrected chi connectivity index (χ0v) is 17.3. The van der Waals surface area contributed by atoms with Crippen molar-refractivity contribution in [2.45, 2.75) is 31.2 Å². The number of carbonyl (C=O) groups is 1. The quantitative estimate of drug-likeness (QED) is 0.436. The van der Waals surface area contributed by atoms with Crippen LogP contribution >= 0.6 is 0 Å². The Morgan fingerprint density at radius 2 is 1.71 bits per heavy atom. The molecule has 6 rings (SSSR count). The maximum Gasteiger partial charge on any atom is 0.230 e. The highest BCUT2D eigenvalue weighted by Gasteiger charge is 2.75. The van der Waals surface area contributed by atoms with Crippen molar-refractivity contribution in [2.24, 2.45) is 0 Å². The predicted molar refractivity (Wildman–Crippen MR) is 118 cm³/mol. The SMILES string of the molecule is CC(=O)c1cc([C@@]2(c3ccccc3)[C@H]3c4ccccc4N(c4ncccn4)[C@H]32)oc1C. The molecule has 2 aromatic heterocycles. The topological polar surface area (TPSA) is 59.2 Å². The first kappa shape index (κ1) is 18.1. The molecule has 5 heteroatoms. The lowest BCUT2D eigenvalue weighted by Crippen LogP contribution is -2.29. The average molecular weight is 407 g/mol. The second kappa shape index (κ2) is 6.38. The summed E-state index contributed by atoms with van der Waals surface area (Å²) in [7, 11) is 0. The molecule has 2 aromatic carbocycles. The van der Waals surface area contributed by atoms with Crippen molar-refractivity contribution in [3.05, 3.63) is 107 Å². The number of rotatable bonds is 4. The number of aryl methyl sites for hydroxylation is 1. The standard InChI is InChI=1S/C26H21N3O2/c1-16(30)20-15-22(31-17(20)2)26(18-9-4-3-5-10-18)23-19-11-6-7-12-21(19)29(24(23)26)25-27-13-8-14-28-25/h3-15,23-24H,1-2H3/t23-,24+,26-/m0/s1. The van der Waals surface area contributed by atoms with E-state index in [0.717, 1.165) is 11.4 Å². The summed E-state index contributed by atoms with van der Waals surface area (Å²) in [5, 5.41) is 0. The fourth-order valence-electron chi connectivity index (χ4n) is 5.45. The van der Waals surface area contributed by atoms with Gasteiger partial charge in [-0.1, -0.05) is 48.5 Å². The van der Waals surface area contributed by atoms with Crippen molar-refractivity contribution < 1.29 is 9.21 Å². The third-order valence-corrected chi connectivity index (χ3v) is 6.70. The van der Waals surface area contributed by atoms with Gasteiger partial charge in [0.25, 0.3) is 0 Å². The molecule has 0 spiro atoms. The van der Waals surface area contributed by atoms with Crippen molar-refractivity contribution in [3.8, 4) is 0 Å². The van der Waals surface area contributed by atoms with Crippen LogP contribution in [0.1, 0.15) is 45.8 Å². The number of ketones is 1. The van der Waals surface area contributed by atoms with E-state index in [4.69, 9.17) is 4.42 Å². The van der Waals surface area contributed by atoms with E-state index in [1.807, 2.05) is 25.1 Å². The van der Waals surface area contributed by atoms with Gasteiger partial charge in [0.15, 0.2) is 5.78 Å². The van der Waals surface area contributed by atoms with Gasteiger partial charge in [0.05, 0.1) is 17.0 Å². The van der Waals surface area contributed by atoms with Crippen molar-refractivity contribution >= 4 is 17.4 Å². The number of nitrogens with zero attached hydrogens (tertiary/aromatic N) is 3. The summed E-state index contributed by atoms with van der Waals surface area (Å²) in [5.74, 6) is 2.37. The summed E-state index contributed by atoms with van der Waals surface area (Å²) in [6, 6.07) is 22.7. The fraction of sp³-hybridized carbons (Fsp3) is 0.192. The molecule has 1 aliphatic carbocycles. The first-order chi connectivity index (χ1) is 15.1. The van der Waals surface area contributed by atoms with Gasteiger partial charge in [-0.15, -0.1) is 0 Å². The minimum Gasteiger partial charge on any atom is -0.465 e. The van der Waals surface area contributed by atoms with E-state index in [9.17, 15) is 4.79 Å². The van der Waals surface area contributed by atoms with E-state index in [-0.39, 0.29) is 17.7 Å². The average Bonchev–Trinajstić information content (AvgIpc) is 3.11. The third kappa shape index (κ3) is 2.34. The molecule has 1 fully saturated rings. The van der Waals surface area contributed by atoms with E-state index in [1.165, 1.54) is 11.1 Å². The van der Waals surface area contributed by atoms with Crippen molar-refractivity contribution in [2.75, 3.05) is 4.90 Å². The lowest BCUT2D eigenvalue weighted by atomic mass is 9.86. The highest BCUT2D eigenvalue weighted by molar-refractivity contribution is 5.95. The van der Waals surface area contributed by atoms with Crippen LogP contribution in [0.15, 0.2) is 83.5 Å². The van der Waals surface area contributed by atoms with Crippen molar-refractivity contribution in [1.82, 2.24) is 9.97 Å². The molecule has 0 amide bonds. The number of aromatic nitrogens is 2. The Bertz CT molecular complexity index is 1300. The highest BCUT2D eigenvalue weighted by Crippen LogP contribution is 2.73. The van der Waals surface area contributed by atoms with Crippen LogP contribution in [0, 0.1) is 6.92 Å². The zero-order valence-electron chi connectivity index (χ0n) is 17.3. The van der Waals surface area contributed by atoms with Crippen LogP contribution in [0.3, 0.4) is 0 Å². The van der Waals surface area contributed by atoms with E-state index in [2.05, 4.69) is 63.4 Å². The zero-order chi connectivity index (χ0) is 21.2. The van der Waals surface area contributed by atoms with Crippen molar-refractivity contribution in [3.63, 3.8) is 0 Å². The van der Waals surface area contributed by atoms with Crippen molar-refractivity contribution in [1.29, 1.82) is 0 Å². The molecule has 1 aliphatic heterocycles. The molecule has 0 saturated heterocycles. The Morgan fingerprint density at radius 3 is 2.42 bits per heavy atom. The number of hydrogen-bond donors (Lipinski definition) is 0. The number of carbonyl (C=O) groups excluding carboxylic acids is 1. The Morgan fingerprint density at radius 1 is 1.00 bits per heavy atom. The number of hydrogen-bond acceptors (Lipinski definition) is 5. The molecule has 0 unspecified atom stereocenters. The van der Waals surface area contributed by atoms with Gasteiger partial charge < -0.3 is 9.32 Å². The normalized spacial score (nSPS) is 23.4. The monoisotopic (exact) mass is 407 g/mol. The van der Waals surface area contributed by atoms with Crippen LogP contribution < -0.4 is 4.90 Å². The summed E-state index contributed by atoms with van der Waals surface area (Å²) in [6.07, 6.45) is 3.55. The molecule has 0 N–H and O–H groups in total. The summed E-state index contributed by atoms with van der Waals surface area (Å²) >= 11 is 0. The maximum absolute atomic E-state index is 12.2. The molecule has 3 atom stereocenters. The second-order valence-corrected chi connectivity index (χ2v) is 8.27. The van der Waals surface area contributed by atoms with Crippen LogP contribution in [-0.4, -0.2) is 21.8 Å². The van der Waals surface area contributed by atoms with Crippen LogP contribution in [0.25, 0.3) is 0 Å². The maximum atomic E-state index is 12.2. The summed E-state index contributed by atoms with van der Waals surface area (Å²) in [6.45, 7) is 3.45. The molecule has 0 bridgehead atoms. The van der Waals surface area contributed by atoms with Gasteiger partial charge in [-0.25, -0.2) is 9.97 Å². The molecule has 152 valence electrons. The number of benzene rings is 2. The molecular weight excluding hydrogens is 386 g/mol. The van der Waals surface area contributed by atoms with Gasteiger partial charge in [-0.2, -0.15) is 0 Å². The predicted octanol–water partition coefficient (Wildman–Crippen LogP) is 5.18. The molecule has 5 nitrogen and oxygen atoms in total. The number of fused-ring (bicyclic) bond motifs is 3. The number of para-hydroxylation sites is 1. The van der Waals surface area contributed by atoms with Gasteiger partial charge in [0, 0.05) is 24.0 Å². The summed E-state index contributed by atoms with van der Waals surface area (Å²) in [4.78, 5) is 23.6. The minimum absolute atomic E-state index is 0.0187. The van der Waals surface area contributed by atoms with E-state index in [0.29, 0.717) is 17.3 Å². The van der Waals surface area contributed by atoms with Gasteiger partial charge in [0.2, 0.25) is 5.95 Å². The summed E-state index contributed by atoms with van der Waals surface area (Å²) < 4.78 is 6.30. The third-order valence-electron chi connectivity index (χ3n) is 6.70. The minimum atomic E-state index is -0.409. The summed E-state index contributed by atoms with van der Waals surface area (Å²) in [5.41, 5.74) is 3.79. The first-order valence-electron chi connectivity index (χ1n) is 10.5. The van der Waals surface area contributed by atoms with Crippen LogP contribution in [0.4, 0.5) is 11.6 Å².